The number of thioether (sulfide) groups is 1. The highest BCUT2D eigenvalue weighted by molar-refractivity contribution is 7.99. The van der Waals surface area contributed by atoms with Crippen molar-refractivity contribution in [1.82, 2.24) is 14.8 Å². The van der Waals surface area contributed by atoms with Crippen LogP contribution in [-0.2, 0) is 41.9 Å². The Kier molecular flexibility index (Phi) is 8.46. The van der Waals surface area contributed by atoms with Crippen LogP contribution in [0.5, 0.6) is 5.75 Å². The van der Waals surface area contributed by atoms with E-state index in [0.29, 0.717) is 41.3 Å². The van der Waals surface area contributed by atoms with Crippen LogP contribution < -0.4 is 10.1 Å². The molecule has 0 atom stereocenters. The Bertz CT molecular complexity index is 1190. The van der Waals surface area contributed by atoms with E-state index in [-0.39, 0.29) is 17.6 Å². The van der Waals surface area contributed by atoms with E-state index in [2.05, 4.69) is 34.6 Å². The first-order chi connectivity index (χ1) is 17.0. The number of anilines is 1. The molecule has 186 valence electrons. The van der Waals surface area contributed by atoms with Crippen molar-refractivity contribution < 1.29 is 19.1 Å². The number of carbonyl (C=O) groups is 2. The fourth-order valence-electron chi connectivity index (χ4n) is 4.02. The van der Waals surface area contributed by atoms with E-state index in [0.717, 1.165) is 41.9 Å². The lowest BCUT2D eigenvalue weighted by atomic mass is 10.1. The highest BCUT2D eigenvalue weighted by Crippen LogP contribution is 2.39. The van der Waals surface area contributed by atoms with Crippen molar-refractivity contribution in [3.8, 4) is 5.75 Å². The van der Waals surface area contributed by atoms with Crippen LogP contribution in [0.3, 0.4) is 0 Å². The number of esters is 1. The van der Waals surface area contributed by atoms with Gasteiger partial charge in [0.25, 0.3) is 0 Å². The number of thiophene rings is 1. The third kappa shape index (κ3) is 5.87. The summed E-state index contributed by atoms with van der Waals surface area (Å²) < 4.78 is 13.1. The molecule has 0 fully saturated rings. The van der Waals surface area contributed by atoms with Gasteiger partial charge in [-0.1, -0.05) is 30.8 Å². The third-order valence-corrected chi connectivity index (χ3v) is 7.97. The Morgan fingerprint density at radius 1 is 1.14 bits per heavy atom. The van der Waals surface area contributed by atoms with Gasteiger partial charge in [-0.3, -0.25) is 4.79 Å². The summed E-state index contributed by atoms with van der Waals surface area (Å²) in [6, 6.07) is 8.01. The molecule has 4 rings (SSSR count). The van der Waals surface area contributed by atoms with Crippen molar-refractivity contribution >= 4 is 40.0 Å². The molecule has 0 saturated carbocycles. The van der Waals surface area contributed by atoms with Gasteiger partial charge in [-0.25, -0.2) is 4.79 Å². The van der Waals surface area contributed by atoms with Gasteiger partial charge in [-0.05, 0) is 62.8 Å². The molecule has 8 nitrogen and oxygen atoms in total. The number of benzene rings is 1. The fourth-order valence-corrected chi connectivity index (χ4v) is 6.14. The number of aryl methyl sites for hydroxylation is 2. The number of rotatable bonds is 11. The molecule has 0 spiro atoms. The summed E-state index contributed by atoms with van der Waals surface area (Å²) in [6.07, 6.45) is 3.79. The quantitative estimate of drug-likeness (QED) is 0.287. The van der Waals surface area contributed by atoms with Crippen molar-refractivity contribution in [2.24, 2.45) is 0 Å². The smallest absolute Gasteiger partial charge is 0.341 e. The third-order valence-electron chi connectivity index (χ3n) is 5.80. The maximum absolute atomic E-state index is 12.8. The van der Waals surface area contributed by atoms with Gasteiger partial charge in [-0.15, -0.1) is 21.5 Å². The number of amides is 1. The van der Waals surface area contributed by atoms with Crippen LogP contribution in [0.25, 0.3) is 0 Å². The van der Waals surface area contributed by atoms with E-state index in [4.69, 9.17) is 9.47 Å². The van der Waals surface area contributed by atoms with E-state index in [1.807, 2.05) is 23.6 Å². The highest BCUT2D eigenvalue weighted by Gasteiger charge is 2.28. The van der Waals surface area contributed by atoms with Gasteiger partial charge in [0.15, 0.2) is 11.0 Å². The monoisotopic (exact) mass is 514 g/mol. The molecule has 10 heteroatoms. The highest BCUT2D eigenvalue weighted by atomic mass is 32.2. The summed E-state index contributed by atoms with van der Waals surface area (Å²) in [5.74, 6) is 1.08. The molecular formula is C25H30N4O4S2. The predicted molar refractivity (Wildman–Crippen MR) is 138 cm³/mol. The molecule has 35 heavy (non-hydrogen) atoms. The molecule has 1 aliphatic rings. The number of nitrogens with zero attached hydrogens (tertiary/aromatic N) is 3. The van der Waals surface area contributed by atoms with E-state index < -0.39 is 0 Å². The zero-order valence-corrected chi connectivity index (χ0v) is 21.9. The molecule has 0 bridgehead atoms. The average Bonchev–Trinajstić information content (AvgIpc) is 3.56. The second-order valence-electron chi connectivity index (χ2n) is 8.05. The molecule has 3 aromatic rings. The Balaban J connectivity index is 1.37. The van der Waals surface area contributed by atoms with Gasteiger partial charge < -0.3 is 19.4 Å². The summed E-state index contributed by atoms with van der Waals surface area (Å²) >= 11 is 2.79. The first-order valence-electron chi connectivity index (χ1n) is 11.9. The molecule has 1 aliphatic carbocycles. The second-order valence-corrected chi connectivity index (χ2v) is 10.1. The predicted octanol–water partition coefficient (Wildman–Crippen LogP) is 4.90. The summed E-state index contributed by atoms with van der Waals surface area (Å²) in [4.78, 5) is 26.4. The maximum atomic E-state index is 12.8. The summed E-state index contributed by atoms with van der Waals surface area (Å²) in [5, 5.41) is 12.7. The number of carbonyl (C=O) groups excluding carboxylic acids is 2. The van der Waals surface area contributed by atoms with Crippen LogP contribution >= 0.6 is 23.1 Å². The lowest BCUT2D eigenvalue weighted by Gasteiger charge is -2.10. The van der Waals surface area contributed by atoms with Crippen molar-refractivity contribution in [2.45, 2.75) is 64.8 Å². The number of fused-ring (bicyclic) bond motifs is 1. The standard InChI is InChI=1S/C25H30N4O4S2/c1-4-16-10-12-17(13-11-16)33-14-20-27-28-25(29(20)5-2)34-15-21(30)26-23-22(24(31)32-6-3)18-8-7-9-19(18)35-23/h10-13H,4-9,14-15H2,1-3H3,(H,26,30). The zero-order valence-electron chi connectivity index (χ0n) is 20.3. The summed E-state index contributed by atoms with van der Waals surface area (Å²) in [7, 11) is 0. The Morgan fingerprint density at radius 3 is 2.66 bits per heavy atom. The molecule has 1 N–H and O–H groups in total. The van der Waals surface area contributed by atoms with Crippen molar-refractivity contribution in [1.29, 1.82) is 0 Å². The van der Waals surface area contributed by atoms with Gasteiger partial charge in [-0.2, -0.15) is 0 Å². The lowest BCUT2D eigenvalue weighted by molar-refractivity contribution is -0.113. The second kappa shape index (κ2) is 11.7. The molecule has 1 aromatic carbocycles. The van der Waals surface area contributed by atoms with Crippen LogP contribution in [-0.4, -0.2) is 39.0 Å². The maximum Gasteiger partial charge on any atom is 0.341 e. The average molecular weight is 515 g/mol. The largest absolute Gasteiger partial charge is 0.486 e. The van der Waals surface area contributed by atoms with E-state index in [9.17, 15) is 9.59 Å². The first kappa shape index (κ1) is 25.2. The van der Waals surface area contributed by atoms with Crippen molar-refractivity contribution in [2.75, 3.05) is 17.7 Å². The minimum Gasteiger partial charge on any atom is -0.486 e. The van der Waals surface area contributed by atoms with Crippen LogP contribution in [0.2, 0.25) is 0 Å². The SMILES string of the molecule is CCOC(=O)c1c(NC(=O)CSc2nnc(COc3ccc(CC)cc3)n2CC)sc2c1CCC2. The molecule has 1 amide bonds. The number of aromatic nitrogens is 3. The van der Waals surface area contributed by atoms with Crippen LogP contribution in [0, 0.1) is 0 Å². The number of hydrogen-bond donors (Lipinski definition) is 1. The van der Waals surface area contributed by atoms with E-state index >= 15 is 0 Å². The number of nitrogens with one attached hydrogen (secondary N) is 1. The van der Waals surface area contributed by atoms with Crippen LogP contribution in [0.4, 0.5) is 5.00 Å². The zero-order chi connectivity index (χ0) is 24.8. The molecule has 2 aromatic heterocycles. The normalized spacial score (nSPS) is 12.4. The van der Waals surface area contributed by atoms with Crippen molar-refractivity contribution in [3.05, 3.63) is 51.7 Å². The van der Waals surface area contributed by atoms with Gasteiger partial charge in [0, 0.05) is 11.4 Å². The Labute approximate surface area is 213 Å². The Hall–Kier alpha value is -2.85. The molecule has 0 radical (unpaired) electrons. The topological polar surface area (TPSA) is 95.3 Å². The number of ether oxygens (including phenoxy) is 2. The summed E-state index contributed by atoms with van der Waals surface area (Å²) in [5.41, 5.74) is 2.80. The van der Waals surface area contributed by atoms with Crippen LogP contribution in [0.1, 0.15) is 59.4 Å². The minimum atomic E-state index is -0.366. The van der Waals surface area contributed by atoms with E-state index in [1.165, 1.54) is 28.7 Å². The van der Waals surface area contributed by atoms with Gasteiger partial charge in [0.1, 0.15) is 17.4 Å². The molecule has 0 saturated heterocycles. The minimum absolute atomic E-state index is 0.155. The van der Waals surface area contributed by atoms with Crippen LogP contribution in [0.15, 0.2) is 29.4 Å². The first-order valence-corrected chi connectivity index (χ1v) is 13.7. The molecule has 0 aliphatic heterocycles. The van der Waals surface area contributed by atoms with Crippen molar-refractivity contribution in [3.63, 3.8) is 0 Å². The van der Waals surface area contributed by atoms with Gasteiger partial charge in [0.2, 0.25) is 5.91 Å². The fraction of sp³-hybridized carbons (Fsp3) is 0.440. The Morgan fingerprint density at radius 2 is 1.94 bits per heavy atom. The number of hydrogen-bond acceptors (Lipinski definition) is 8. The van der Waals surface area contributed by atoms with E-state index in [1.54, 1.807) is 6.92 Å². The molecule has 0 unspecified atom stereocenters. The summed E-state index contributed by atoms with van der Waals surface area (Å²) in [6.45, 7) is 7.16. The van der Waals surface area contributed by atoms with Gasteiger partial charge >= 0.3 is 5.97 Å². The molecular weight excluding hydrogens is 484 g/mol. The van der Waals surface area contributed by atoms with Gasteiger partial charge in [0.05, 0.1) is 17.9 Å². The molecule has 2 heterocycles. The lowest BCUT2D eigenvalue weighted by Crippen LogP contribution is -2.17.